The number of thiazole rings is 1. The maximum Gasteiger partial charge on any atom is 0.233 e. The van der Waals surface area contributed by atoms with Crippen molar-refractivity contribution in [1.29, 1.82) is 0 Å². The zero-order valence-electron chi connectivity index (χ0n) is 18.1. The lowest BCUT2D eigenvalue weighted by Crippen LogP contribution is -2.32. The SMILES string of the molecule is Cc1cc(C)c(CC(=O)N(Cc2ccccn2)c2nc3c(C)ccc(Cl)c3s2)c(C)c1. The van der Waals surface area contributed by atoms with Gasteiger partial charge in [0.15, 0.2) is 5.13 Å². The predicted octanol–water partition coefficient (Wildman–Crippen LogP) is 6.35. The van der Waals surface area contributed by atoms with Crippen LogP contribution in [0.5, 0.6) is 0 Å². The molecule has 0 saturated carbocycles. The fraction of sp³-hybridized carbons (Fsp3) is 0.240. The van der Waals surface area contributed by atoms with Gasteiger partial charge in [0.2, 0.25) is 5.91 Å². The van der Waals surface area contributed by atoms with Crippen molar-refractivity contribution in [3.63, 3.8) is 0 Å². The number of aromatic nitrogens is 2. The standard InChI is InChI=1S/C25H24ClN3OS/c1-15-11-17(3)20(18(4)12-15)13-22(30)29(14-19-7-5-6-10-27-19)25-28-23-16(2)8-9-21(26)24(23)31-25/h5-12H,13-14H2,1-4H3. The number of anilines is 1. The predicted molar refractivity (Wildman–Crippen MR) is 129 cm³/mol. The second-order valence-corrected chi connectivity index (χ2v) is 9.28. The van der Waals surface area contributed by atoms with Crippen molar-refractivity contribution in [2.24, 2.45) is 0 Å². The summed E-state index contributed by atoms with van der Waals surface area (Å²) in [5.74, 6) is -0.00598. The van der Waals surface area contributed by atoms with Crippen LogP contribution in [0.2, 0.25) is 5.02 Å². The van der Waals surface area contributed by atoms with Crippen LogP contribution < -0.4 is 4.90 Å². The Morgan fingerprint density at radius 2 is 1.77 bits per heavy atom. The third-order valence-corrected chi connectivity index (χ3v) is 6.97. The Morgan fingerprint density at radius 3 is 2.42 bits per heavy atom. The maximum absolute atomic E-state index is 13.6. The highest BCUT2D eigenvalue weighted by Crippen LogP contribution is 2.36. The molecule has 31 heavy (non-hydrogen) atoms. The summed E-state index contributed by atoms with van der Waals surface area (Å²) in [6.07, 6.45) is 2.05. The minimum atomic E-state index is -0.00598. The molecule has 0 bridgehead atoms. The fourth-order valence-electron chi connectivity index (χ4n) is 3.86. The average molecular weight is 450 g/mol. The molecule has 0 aliphatic heterocycles. The molecule has 4 nitrogen and oxygen atoms in total. The third-order valence-electron chi connectivity index (χ3n) is 5.43. The Bertz CT molecular complexity index is 1200. The Balaban J connectivity index is 1.75. The van der Waals surface area contributed by atoms with Gasteiger partial charge in [-0.3, -0.25) is 14.7 Å². The largest absolute Gasteiger partial charge is 0.282 e. The molecule has 2 aromatic carbocycles. The number of benzene rings is 2. The first-order valence-corrected chi connectivity index (χ1v) is 11.4. The summed E-state index contributed by atoms with van der Waals surface area (Å²) in [7, 11) is 0. The van der Waals surface area contributed by atoms with Crippen molar-refractivity contribution < 1.29 is 4.79 Å². The second kappa shape index (κ2) is 8.77. The van der Waals surface area contributed by atoms with Crippen LogP contribution >= 0.6 is 22.9 Å². The molecule has 4 aromatic rings. The Labute approximate surface area is 191 Å². The third kappa shape index (κ3) is 4.48. The molecule has 1 amide bonds. The molecule has 0 aliphatic carbocycles. The first-order valence-electron chi connectivity index (χ1n) is 10.2. The van der Waals surface area contributed by atoms with Gasteiger partial charge in [0.1, 0.15) is 0 Å². The molecule has 0 fully saturated rings. The van der Waals surface area contributed by atoms with Crippen LogP contribution in [0.3, 0.4) is 0 Å². The zero-order chi connectivity index (χ0) is 22.1. The number of hydrogen-bond donors (Lipinski definition) is 0. The van der Waals surface area contributed by atoms with Gasteiger partial charge in [0, 0.05) is 6.20 Å². The van der Waals surface area contributed by atoms with E-state index in [4.69, 9.17) is 16.6 Å². The zero-order valence-corrected chi connectivity index (χ0v) is 19.6. The van der Waals surface area contributed by atoms with Crippen molar-refractivity contribution >= 4 is 44.2 Å². The van der Waals surface area contributed by atoms with E-state index in [1.165, 1.54) is 16.9 Å². The molecule has 2 heterocycles. The highest BCUT2D eigenvalue weighted by Gasteiger charge is 2.23. The first kappa shape index (κ1) is 21.5. The lowest BCUT2D eigenvalue weighted by molar-refractivity contribution is -0.118. The van der Waals surface area contributed by atoms with Gasteiger partial charge in [0.05, 0.1) is 33.9 Å². The molecular weight excluding hydrogens is 426 g/mol. The summed E-state index contributed by atoms with van der Waals surface area (Å²) in [5, 5.41) is 1.30. The van der Waals surface area contributed by atoms with Gasteiger partial charge in [-0.25, -0.2) is 4.98 Å². The van der Waals surface area contributed by atoms with E-state index in [9.17, 15) is 4.79 Å². The Hall–Kier alpha value is -2.76. The van der Waals surface area contributed by atoms with Crippen LogP contribution in [-0.4, -0.2) is 15.9 Å². The molecule has 0 spiro atoms. The Morgan fingerprint density at radius 1 is 1.03 bits per heavy atom. The highest BCUT2D eigenvalue weighted by atomic mass is 35.5. The highest BCUT2D eigenvalue weighted by molar-refractivity contribution is 7.23. The molecule has 0 unspecified atom stereocenters. The summed E-state index contributed by atoms with van der Waals surface area (Å²) in [6, 6.07) is 13.8. The summed E-state index contributed by atoms with van der Waals surface area (Å²) < 4.78 is 0.901. The molecule has 0 radical (unpaired) electrons. The van der Waals surface area contributed by atoms with E-state index < -0.39 is 0 Å². The van der Waals surface area contributed by atoms with Gasteiger partial charge >= 0.3 is 0 Å². The van der Waals surface area contributed by atoms with E-state index in [-0.39, 0.29) is 5.91 Å². The monoisotopic (exact) mass is 449 g/mol. The average Bonchev–Trinajstić information content (AvgIpc) is 3.19. The van der Waals surface area contributed by atoms with Gasteiger partial charge in [-0.05, 0) is 68.1 Å². The number of halogens is 1. The number of aryl methyl sites for hydroxylation is 4. The molecule has 0 saturated heterocycles. The molecule has 2 aromatic heterocycles. The van der Waals surface area contributed by atoms with Crippen molar-refractivity contribution in [3.05, 3.63) is 87.2 Å². The number of pyridine rings is 1. The Kier molecular flexibility index (Phi) is 6.08. The summed E-state index contributed by atoms with van der Waals surface area (Å²) >= 11 is 7.88. The minimum absolute atomic E-state index is 0.00598. The molecule has 6 heteroatoms. The van der Waals surface area contributed by atoms with E-state index in [1.807, 2.05) is 37.3 Å². The summed E-state index contributed by atoms with van der Waals surface area (Å²) in [4.78, 5) is 24.6. The van der Waals surface area contributed by atoms with E-state index in [0.29, 0.717) is 23.1 Å². The van der Waals surface area contributed by atoms with Gasteiger partial charge in [-0.2, -0.15) is 0 Å². The van der Waals surface area contributed by atoms with Crippen LogP contribution in [0.25, 0.3) is 10.2 Å². The number of hydrogen-bond acceptors (Lipinski definition) is 4. The first-order chi connectivity index (χ1) is 14.8. The quantitative estimate of drug-likeness (QED) is 0.356. The van der Waals surface area contributed by atoms with Crippen molar-refractivity contribution in [2.45, 2.75) is 40.7 Å². The fourth-order valence-corrected chi connectivity index (χ4v) is 5.19. The van der Waals surface area contributed by atoms with Gasteiger partial charge in [-0.1, -0.05) is 52.8 Å². The second-order valence-electron chi connectivity index (χ2n) is 7.89. The number of nitrogens with zero attached hydrogens (tertiary/aromatic N) is 3. The van der Waals surface area contributed by atoms with E-state index in [0.717, 1.165) is 38.2 Å². The van der Waals surface area contributed by atoms with Crippen LogP contribution in [0, 0.1) is 27.7 Å². The summed E-state index contributed by atoms with van der Waals surface area (Å²) in [5.41, 5.74) is 7.23. The number of rotatable bonds is 5. The van der Waals surface area contributed by atoms with Crippen molar-refractivity contribution in [2.75, 3.05) is 4.90 Å². The van der Waals surface area contributed by atoms with Crippen molar-refractivity contribution in [1.82, 2.24) is 9.97 Å². The maximum atomic E-state index is 13.6. The van der Waals surface area contributed by atoms with E-state index >= 15 is 0 Å². The van der Waals surface area contributed by atoms with Gasteiger partial charge < -0.3 is 0 Å². The molecule has 4 rings (SSSR count). The normalized spacial score (nSPS) is 11.1. The van der Waals surface area contributed by atoms with Gasteiger partial charge in [-0.15, -0.1) is 0 Å². The number of fused-ring (bicyclic) bond motifs is 1. The molecule has 0 aliphatic rings. The van der Waals surface area contributed by atoms with Gasteiger partial charge in [0.25, 0.3) is 0 Å². The van der Waals surface area contributed by atoms with Crippen LogP contribution in [-0.2, 0) is 17.8 Å². The van der Waals surface area contributed by atoms with Crippen LogP contribution in [0.4, 0.5) is 5.13 Å². The lowest BCUT2D eigenvalue weighted by atomic mass is 9.97. The molecule has 0 atom stereocenters. The van der Waals surface area contributed by atoms with E-state index in [2.05, 4.69) is 37.9 Å². The van der Waals surface area contributed by atoms with Crippen molar-refractivity contribution in [3.8, 4) is 0 Å². The minimum Gasteiger partial charge on any atom is -0.282 e. The van der Waals surface area contributed by atoms with E-state index in [1.54, 1.807) is 11.1 Å². The molecule has 158 valence electrons. The van der Waals surface area contributed by atoms with Crippen LogP contribution in [0.1, 0.15) is 33.5 Å². The number of carbonyl (C=O) groups excluding carboxylic acids is 1. The topological polar surface area (TPSA) is 46.1 Å². The number of amides is 1. The number of carbonyl (C=O) groups is 1. The smallest absolute Gasteiger partial charge is 0.233 e. The molecular formula is C25H24ClN3OS. The summed E-state index contributed by atoms with van der Waals surface area (Å²) in [6.45, 7) is 8.57. The van der Waals surface area contributed by atoms with Crippen LogP contribution in [0.15, 0.2) is 48.7 Å². The molecule has 0 N–H and O–H groups in total. The lowest BCUT2D eigenvalue weighted by Gasteiger charge is -2.21.